The zero-order chi connectivity index (χ0) is 14.4. The second-order valence-electron chi connectivity index (χ2n) is 4.24. The van der Waals surface area contributed by atoms with E-state index in [9.17, 15) is 0 Å². The molecule has 0 radical (unpaired) electrons. The van der Waals surface area contributed by atoms with Crippen molar-refractivity contribution in [1.82, 2.24) is 15.0 Å². The molecule has 0 amide bonds. The third-order valence-corrected chi connectivity index (χ3v) is 2.81. The molecule has 0 atom stereocenters. The summed E-state index contributed by atoms with van der Waals surface area (Å²) in [5.41, 5.74) is 1.19. The SMILES string of the molecule is CCCNc1nc(Cl)nc(Oc2cccc(CC)c2)n1. The Labute approximate surface area is 123 Å². The van der Waals surface area contributed by atoms with E-state index in [4.69, 9.17) is 16.3 Å². The fourth-order valence-corrected chi connectivity index (χ4v) is 1.78. The number of aromatic nitrogens is 3. The second-order valence-corrected chi connectivity index (χ2v) is 4.58. The van der Waals surface area contributed by atoms with E-state index in [1.54, 1.807) is 0 Å². The molecule has 0 bridgehead atoms. The van der Waals surface area contributed by atoms with E-state index in [-0.39, 0.29) is 11.3 Å². The van der Waals surface area contributed by atoms with Crippen LogP contribution in [0.4, 0.5) is 5.95 Å². The number of hydrogen-bond acceptors (Lipinski definition) is 5. The summed E-state index contributed by atoms with van der Waals surface area (Å²) in [5.74, 6) is 1.11. The van der Waals surface area contributed by atoms with Crippen molar-refractivity contribution >= 4 is 17.5 Å². The molecular formula is C14H17ClN4O. The Bertz CT molecular complexity index is 577. The third-order valence-electron chi connectivity index (χ3n) is 2.64. The highest BCUT2D eigenvalue weighted by Crippen LogP contribution is 2.21. The van der Waals surface area contributed by atoms with Gasteiger partial charge in [0.05, 0.1) is 0 Å². The van der Waals surface area contributed by atoms with Crippen molar-refractivity contribution in [2.75, 3.05) is 11.9 Å². The molecule has 0 saturated carbocycles. The van der Waals surface area contributed by atoms with Crippen molar-refractivity contribution in [2.24, 2.45) is 0 Å². The van der Waals surface area contributed by atoms with Gasteiger partial charge in [0.25, 0.3) is 0 Å². The van der Waals surface area contributed by atoms with E-state index in [1.807, 2.05) is 24.3 Å². The Morgan fingerprint density at radius 1 is 1.20 bits per heavy atom. The molecule has 0 aliphatic carbocycles. The number of ether oxygens (including phenoxy) is 1. The molecular weight excluding hydrogens is 276 g/mol. The summed E-state index contributed by atoms with van der Waals surface area (Å²) in [5, 5.41) is 3.17. The molecule has 2 rings (SSSR count). The monoisotopic (exact) mass is 292 g/mol. The summed E-state index contributed by atoms with van der Waals surface area (Å²) in [6.45, 7) is 4.92. The summed E-state index contributed by atoms with van der Waals surface area (Å²) in [7, 11) is 0. The molecule has 0 spiro atoms. The van der Waals surface area contributed by atoms with Crippen LogP contribution < -0.4 is 10.1 Å². The molecule has 5 nitrogen and oxygen atoms in total. The fraction of sp³-hybridized carbons (Fsp3) is 0.357. The van der Waals surface area contributed by atoms with Gasteiger partial charge in [0.1, 0.15) is 5.75 Å². The van der Waals surface area contributed by atoms with Crippen LogP contribution in [-0.4, -0.2) is 21.5 Å². The second kappa shape index (κ2) is 7.05. The van der Waals surface area contributed by atoms with E-state index in [0.29, 0.717) is 11.7 Å². The third kappa shape index (κ3) is 4.06. The molecule has 20 heavy (non-hydrogen) atoms. The number of halogens is 1. The number of anilines is 1. The highest BCUT2D eigenvalue weighted by atomic mass is 35.5. The lowest BCUT2D eigenvalue weighted by atomic mass is 10.2. The summed E-state index contributed by atoms with van der Waals surface area (Å²) in [4.78, 5) is 12.2. The van der Waals surface area contributed by atoms with Gasteiger partial charge in [0.15, 0.2) is 0 Å². The van der Waals surface area contributed by atoms with Crippen molar-refractivity contribution in [3.8, 4) is 11.8 Å². The van der Waals surface area contributed by atoms with Gasteiger partial charge in [-0.15, -0.1) is 0 Å². The number of nitrogens with zero attached hydrogens (tertiary/aromatic N) is 3. The van der Waals surface area contributed by atoms with Crippen molar-refractivity contribution in [3.63, 3.8) is 0 Å². The largest absolute Gasteiger partial charge is 0.424 e. The first-order valence-corrected chi connectivity index (χ1v) is 7.01. The first-order valence-electron chi connectivity index (χ1n) is 6.63. The van der Waals surface area contributed by atoms with Crippen molar-refractivity contribution in [2.45, 2.75) is 26.7 Å². The minimum Gasteiger partial charge on any atom is -0.424 e. The Morgan fingerprint density at radius 3 is 2.80 bits per heavy atom. The normalized spacial score (nSPS) is 10.3. The molecule has 0 saturated heterocycles. The number of hydrogen-bond donors (Lipinski definition) is 1. The quantitative estimate of drug-likeness (QED) is 0.879. The molecule has 1 N–H and O–H groups in total. The first kappa shape index (κ1) is 14.5. The molecule has 1 aromatic carbocycles. The van der Waals surface area contributed by atoms with Gasteiger partial charge in [-0.2, -0.15) is 15.0 Å². The number of rotatable bonds is 6. The van der Waals surface area contributed by atoms with Crippen LogP contribution in [0.2, 0.25) is 5.28 Å². The minimum absolute atomic E-state index is 0.111. The predicted molar refractivity (Wildman–Crippen MR) is 79.5 cm³/mol. The average Bonchev–Trinajstić information content (AvgIpc) is 2.44. The highest BCUT2D eigenvalue weighted by molar-refractivity contribution is 6.28. The zero-order valence-corrected chi connectivity index (χ0v) is 12.3. The number of aryl methyl sites for hydroxylation is 1. The first-order chi connectivity index (χ1) is 9.71. The maximum absolute atomic E-state index is 5.87. The van der Waals surface area contributed by atoms with Crippen molar-refractivity contribution in [1.29, 1.82) is 0 Å². The number of nitrogens with one attached hydrogen (secondary N) is 1. The van der Waals surface area contributed by atoms with Crippen LogP contribution in [0.15, 0.2) is 24.3 Å². The van der Waals surface area contributed by atoms with Crippen LogP contribution in [-0.2, 0) is 6.42 Å². The smallest absolute Gasteiger partial charge is 0.328 e. The van der Waals surface area contributed by atoms with E-state index in [2.05, 4.69) is 34.1 Å². The van der Waals surface area contributed by atoms with Crippen LogP contribution in [0, 0.1) is 0 Å². The van der Waals surface area contributed by atoms with Gasteiger partial charge in [-0.05, 0) is 42.1 Å². The van der Waals surface area contributed by atoms with Gasteiger partial charge < -0.3 is 10.1 Å². The fourth-order valence-electron chi connectivity index (χ4n) is 1.63. The molecule has 2 aromatic rings. The molecule has 1 heterocycles. The van der Waals surface area contributed by atoms with E-state index < -0.39 is 0 Å². The van der Waals surface area contributed by atoms with Gasteiger partial charge in [-0.1, -0.05) is 26.0 Å². The Hall–Kier alpha value is -1.88. The van der Waals surface area contributed by atoms with Crippen LogP contribution in [0.5, 0.6) is 11.8 Å². The van der Waals surface area contributed by atoms with Gasteiger partial charge in [-0.3, -0.25) is 0 Å². The summed E-state index contributed by atoms with van der Waals surface area (Å²) >= 11 is 5.87. The van der Waals surface area contributed by atoms with Crippen molar-refractivity contribution in [3.05, 3.63) is 35.1 Å². The molecule has 1 aromatic heterocycles. The lowest BCUT2D eigenvalue weighted by molar-refractivity contribution is 0.440. The van der Waals surface area contributed by atoms with Gasteiger partial charge in [0.2, 0.25) is 11.2 Å². The van der Waals surface area contributed by atoms with E-state index in [0.717, 1.165) is 19.4 Å². The lowest BCUT2D eigenvalue weighted by Gasteiger charge is -2.07. The Kier molecular flexibility index (Phi) is 5.12. The van der Waals surface area contributed by atoms with Crippen LogP contribution in [0.1, 0.15) is 25.8 Å². The van der Waals surface area contributed by atoms with Crippen LogP contribution >= 0.6 is 11.6 Å². The zero-order valence-electron chi connectivity index (χ0n) is 11.6. The lowest BCUT2D eigenvalue weighted by Crippen LogP contribution is -2.06. The average molecular weight is 293 g/mol. The topological polar surface area (TPSA) is 59.9 Å². The molecule has 106 valence electrons. The standard InChI is InChI=1S/C14H17ClN4O/c1-3-8-16-13-17-12(15)18-14(19-13)20-11-7-5-6-10(4-2)9-11/h5-7,9H,3-4,8H2,1-2H3,(H,16,17,18,19). The van der Waals surface area contributed by atoms with E-state index >= 15 is 0 Å². The van der Waals surface area contributed by atoms with E-state index in [1.165, 1.54) is 5.56 Å². The van der Waals surface area contributed by atoms with Crippen LogP contribution in [0.25, 0.3) is 0 Å². The number of benzene rings is 1. The molecule has 0 unspecified atom stereocenters. The van der Waals surface area contributed by atoms with Crippen molar-refractivity contribution < 1.29 is 4.74 Å². The molecule has 6 heteroatoms. The summed E-state index contributed by atoms with van der Waals surface area (Å²) in [6.07, 6.45) is 1.91. The van der Waals surface area contributed by atoms with Gasteiger partial charge in [-0.25, -0.2) is 0 Å². The summed E-state index contributed by atoms with van der Waals surface area (Å²) < 4.78 is 5.64. The molecule has 0 fully saturated rings. The predicted octanol–water partition coefficient (Wildman–Crippen LogP) is 3.70. The molecule has 0 aliphatic heterocycles. The maximum atomic E-state index is 5.87. The Morgan fingerprint density at radius 2 is 2.05 bits per heavy atom. The maximum Gasteiger partial charge on any atom is 0.328 e. The Balaban J connectivity index is 2.17. The summed E-state index contributed by atoms with van der Waals surface area (Å²) in [6, 6.07) is 7.98. The molecule has 0 aliphatic rings. The highest BCUT2D eigenvalue weighted by Gasteiger charge is 2.07. The minimum atomic E-state index is 0.111. The van der Waals surface area contributed by atoms with Gasteiger partial charge in [0, 0.05) is 6.54 Å². The van der Waals surface area contributed by atoms with Gasteiger partial charge >= 0.3 is 6.01 Å². The van der Waals surface area contributed by atoms with Crippen LogP contribution in [0.3, 0.4) is 0 Å².